The Labute approximate surface area is 107 Å². The van der Waals surface area contributed by atoms with E-state index in [4.69, 9.17) is 9.47 Å². The predicted molar refractivity (Wildman–Crippen MR) is 68.3 cm³/mol. The molecule has 0 radical (unpaired) electrons. The van der Waals surface area contributed by atoms with Crippen LogP contribution in [0.4, 0.5) is 4.39 Å². The second-order valence-corrected chi connectivity index (χ2v) is 4.45. The average Bonchev–Trinajstić information content (AvgIpc) is 2.90. The summed E-state index contributed by atoms with van der Waals surface area (Å²) < 4.78 is 25.0. The number of nitrogens with one attached hydrogen (secondary N) is 1. The van der Waals surface area contributed by atoms with Gasteiger partial charge in [0.1, 0.15) is 0 Å². The van der Waals surface area contributed by atoms with Crippen LogP contribution in [-0.2, 0) is 4.74 Å². The van der Waals surface area contributed by atoms with Gasteiger partial charge in [-0.3, -0.25) is 0 Å². The van der Waals surface area contributed by atoms with Crippen LogP contribution in [0.2, 0.25) is 0 Å². The maximum atomic E-state index is 14.3. The minimum atomic E-state index is -0.290. The molecule has 3 nitrogen and oxygen atoms in total. The molecule has 1 saturated heterocycles. The summed E-state index contributed by atoms with van der Waals surface area (Å²) in [5.74, 6) is -0.00477. The third-order valence-corrected chi connectivity index (χ3v) is 3.31. The van der Waals surface area contributed by atoms with E-state index in [1.54, 1.807) is 12.1 Å². The third kappa shape index (κ3) is 2.65. The summed E-state index contributed by atoms with van der Waals surface area (Å²) in [6.45, 7) is 3.55. The van der Waals surface area contributed by atoms with Gasteiger partial charge >= 0.3 is 0 Å². The number of hydrogen-bond donors (Lipinski definition) is 1. The van der Waals surface area contributed by atoms with Gasteiger partial charge < -0.3 is 14.8 Å². The zero-order valence-electron chi connectivity index (χ0n) is 10.9. The lowest BCUT2D eigenvalue weighted by molar-refractivity contribution is 0.0775. The molecule has 0 spiro atoms. The van der Waals surface area contributed by atoms with E-state index in [1.165, 1.54) is 7.11 Å². The molecule has 1 heterocycles. The molecule has 1 aromatic carbocycles. The maximum absolute atomic E-state index is 14.3. The largest absolute Gasteiger partial charge is 0.494 e. The van der Waals surface area contributed by atoms with Crippen LogP contribution in [0, 0.1) is 5.82 Å². The molecule has 0 saturated carbocycles. The lowest BCUT2D eigenvalue weighted by atomic mass is 9.98. The van der Waals surface area contributed by atoms with Crippen molar-refractivity contribution in [1.82, 2.24) is 5.32 Å². The van der Waals surface area contributed by atoms with Crippen molar-refractivity contribution in [3.8, 4) is 5.75 Å². The van der Waals surface area contributed by atoms with Crippen molar-refractivity contribution >= 4 is 0 Å². The van der Waals surface area contributed by atoms with Crippen molar-refractivity contribution in [2.24, 2.45) is 0 Å². The van der Waals surface area contributed by atoms with Crippen molar-refractivity contribution < 1.29 is 13.9 Å². The molecule has 0 bridgehead atoms. The zero-order chi connectivity index (χ0) is 13.0. The molecule has 1 aromatic rings. The molecule has 4 heteroatoms. The van der Waals surface area contributed by atoms with Crippen molar-refractivity contribution in [2.45, 2.75) is 31.9 Å². The number of hydrogen-bond acceptors (Lipinski definition) is 3. The summed E-state index contributed by atoms with van der Waals surface area (Å²) in [5, 5.41) is 3.31. The van der Waals surface area contributed by atoms with Gasteiger partial charge in [-0.05, 0) is 25.5 Å². The maximum Gasteiger partial charge on any atom is 0.169 e. The van der Waals surface area contributed by atoms with Crippen LogP contribution in [0.25, 0.3) is 0 Å². The molecule has 2 unspecified atom stereocenters. The molecule has 0 amide bonds. The smallest absolute Gasteiger partial charge is 0.169 e. The van der Waals surface area contributed by atoms with Crippen LogP contribution in [0.3, 0.4) is 0 Å². The van der Waals surface area contributed by atoms with E-state index in [1.807, 2.05) is 13.0 Å². The highest BCUT2D eigenvalue weighted by atomic mass is 19.1. The molecule has 2 rings (SSSR count). The molecule has 1 N–H and O–H groups in total. The molecule has 0 aliphatic carbocycles. The predicted octanol–water partition coefficient (Wildman–Crippen LogP) is 2.66. The normalized spacial score (nSPS) is 20.9. The minimum Gasteiger partial charge on any atom is -0.494 e. The number of methoxy groups -OCH3 is 1. The Balaban J connectivity index is 2.29. The van der Waals surface area contributed by atoms with Crippen LogP contribution in [0.5, 0.6) is 5.75 Å². The number of benzene rings is 1. The fourth-order valence-corrected chi connectivity index (χ4v) is 2.45. The second kappa shape index (κ2) is 6.16. The topological polar surface area (TPSA) is 30.5 Å². The van der Waals surface area contributed by atoms with E-state index in [2.05, 4.69) is 5.32 Å². The van der Waals surface area contributed by atoms with E-state index in [-0.39, 0.29) is 23.7 Å². The number of likely N-dealkylation sites (N-methyl/N-ethyl adjacent to an activating group) is 1. The Morgan fingerprint density at radius 3 is 3.00 bits per heavy atom. The van der Waals surface area contributed by atoms with E-state index in [9.17, 15) is 4.39 Å². The quantitative estimate of drug-likeness (QED) is 0.875. The summed E-state index contributed by atoms with van der Waals surface area (Å²) in [6.07, 6.45) is 2.05. The van der Waals surface area contributed by atoms with Crippen molar-refractivity contribution in [1.29, 1.82) is 0 Å². The average molecular weight is 253 g/mol. The van der Waals surface area contributed by atoms with Crippen LogP contribution in [0.1, 0.15) is 31.4 Å². The van der Waals surface area contributed by atoms with Crippen molar-refractivity contribution in [2.75, 3.05) is 20.3 Å². The van der Waals surface area contributed by atoms with Gasteiger partial charge in [0.05, 0.1) is 19.3 Å². The summed E-state index contributed by atoms with van der Waals surface area (Å²) in [7, 11) is 1.48. The molecule has 1 aliphatic rings. The number of ether oxygens (including phenoxy) is 2. The first-order chi connectivity index (χ1) is 8.77. The zero-order valence-corrected chi connectivity index (χ0v) is 10.9. The molecule has 0 aromatic heterocycles. The van der Waals surface area contributed by atoms with Gasteiger partial charge in [0, 0.05) is 12.2 Å². The van der Waals surface area contributed by atoms with Gasteiger partial charge in [-0.1, -0.05) is 19.1 Å². The van der Waals surface area contributed by atoms with E-state index < -0.39 is 0 Å². The van der Waals surface area contributed by atoms with Crippen LogP contribution < -0.4 is 10.1 Å². The SMILES string of the molecule is CCNC(c1cccc(OC)c1F)C1CCCO1. The molecular formula is C14H20FNO2. The van der Waals surface area contributed by atoms with Gasteiger partial charge in [-0.15, -0.1) is 0 Å². The molecular weight excluding hydrogens is 233 g/mol. The fraction of sp³-hybridized carbons (Fsp3) is 0.571. The molecule has 1 fully saturated rings. The monoisotopic (exact) mass is 253 g/mol. The van der Waals surface area contributed by atoms with Gasteiger partial charge in [0.25, 0.3) is 0 Å². The summed E-state index contributed by atoms with van der Waals surface area (Å²) in [5.41, 5.74) is 0.628. The highest BCUT2D eigenvalue weighted by Gasteiger charge is 2.29. The Morgan fingerprint density at radius 2 is 2.39 bits per heavy atom. The van der Waals surface area contributed by atoms with Gasteiger partial charge in [0.2, 0.25) is 0 Å². The van der Waals surface area contributed by atoms with E-state index in [0.29, 0.717) is 5.56 Å². The van der Waals surface area contributed by atoms with Crippen molar-refractivity contribution in [3.05, 3.63) is 29.6 Å². The molecule has 100 valence electrons. The number of halogens is 1. The Hall–Kier alpha value is -1.13. The van der Waals surface area contributed by atoms with Gasteiger partial charge in [-0.25, -0.2) is 4.39 Å². The first kappa shape index (κ1) is 13.3. The second-order valence-electron chi connectivity index (χ2n) is 4.45. The number of rotatable bonds is 5. The Bertz CT molecular complexity index is 391. The summed E-state index contributed by atoms with van der Waals surface area (Å²) in [6, 6.07) is 5.15. The molecule has 2 atom stereocenters. The first-order valence-corrected chi connectivity index (χ1v) is 6.45. The van der Waals surface area contributed by atoms with E-state index >= 15 is 0 Å². The van der Waals surface area contributed by atoms with Crippen LogP contribution in [0.15, 0.2) is 18.2 Å². The molecule has 18 heavy (non-hydrogen) atoms. The Morgan fingerprint density at radius 1 is 1.56 bits per heavy atom. The van der Waals surface area contributed by atoms with E-state index in [0.717, 1.165) is 26.0 Å². The van der Waals surface area contributed by atoms with Crippen LogP contribution >= 0.6 is 0 Å². The molecule has 1 aliphatic heterocycles. The third-order valence-electron chi connectivity index (χ3n) is 3.31. The standard InChI is InChI=1S/C14H20FNO2/c1-3-16-14(12-8-5-9-18-12)10-6-4-7-11(17-2)13(10)15/h4,6-7,12,14,16H,3,5,8-9H2,1-2H3. The minimum absolute atomic E-state index is 0.0477. The highest BCUT2D eigenvalue weighted by Crippen LogP contribution is 2.31. The van der Waals surface area contributed by atoms with Crippen LogP contribution in [-0.4, -0.2) is 26.4 Å². The van der Waals surface area contributed by atoms with Crippen molar-refractivity contribution in [3.63, 3.8) is 0 Å². The first-order valence-electron chi connectivity index (χ1n) is 6.45. The van der Waals surface area contributed by atoms with Gasteiger partial charge in [0.15, 0.2) is 11.6 Å². The van der Waals surface area contributed by atoms with Gasteiger partial charge in [-0.2, -0.15) is 0 Å². The Kier molecular flexibility index (Phi) is 4.55. The lowest BCUT2D eigenvalue weighted by Gasteiger charge is -2.25. The fourth-order valence-electron chi connectivity index (χ4n) is 2.45. The lowest BCUT2D eigenvalue weighted by Crippen LogP contribution is -2.32. The summed E-state index contributed by atoms with van der Waals surface area (Å²) in [4.78, 5) is 0. The highest BCUT2D eigenvalue weighted by molar-refractivity contribution is 5.33. The summed E-state index contributed by atoms with van der Waals surface area (Å²) >= 11 is 0.